The van der Waals surface area contributed by atoms with Gasteiger partial charge in [0.25, 0.3) is 0 Å². The predicted octanol–water partition coefficient (Wildman–Crippen LogP) is 4.08. The maximum absolute atomic E-state index is 14.7. The van der Waals surface area contributed by atoms with Gasteiger partial charge in [-0.2, -0.15) is 0 Å². The van der Waals surface area contributed by atoms with E-state index in [2.05, 4.69) is 4.72 Å². The van der Waals surface area contributed by atoms with Crippen LogP contribution in [0, 0.1) is 5.82 Å². The van der Waals surface area contributed by atoms with Gasteiger partial charge in [-0.15, -0.1) is 0 Å². The van der Waals surface area contributed by atoms with Crippen molar-refractivity contribution in [3.63, 3.8) is 0 Å². The first-order valence-corrected chi connectivity index (χ1v) is 12.5. The van der Waals surface area contributed by atoms with E-state index >= 15 is 0 Å². The summed E-state index contributed by atoms with van der Waals surface area (Å²) >= 11 is 6.13. The van der Waals surface area contributed by atoms with Gasteiger partial charge in [-0.25, -0.2) is 22.3 Å². The minimum absolute atomic E-state index is 0.197. The summed E-state index contributed by atoms with van der Waals surface area (Å²) in [6.45, 7) is 0.425. The number of benzene rings is 2. The topological polar surface area (TPSA) is 69.7 Å². The fourth-order valence-electron chi connectivity index (χ4n) is 4.04. The Hall–Kier alpha value is -2.42. The number of halogens is 2. The number of hydrogen-bond acceptors (Lipinski definition) is 3. The van der Waals surface area contributed by atoms with Gasteiger partial charge in [0, 0.05) is 37.8 Å². The molecule has 0 aliphatic carbocycles. The van der Waals surface area contributed by atoms with Crippen molar-refractivity contribution in [2.24, 2.45) is 0 Å². The second kappa shape index (κ2) is 9.60. The molecule has 1 aliphatic heterocycles. The molecular weight excluding hydrogens is 453 g/mol. The number of rotatable bonds is 7. The van der Waals surface area contributed by atoms with Gasteiger partial charge in [0.05, 0.1) is 11.8 Å². The number of sulfonamides is 1. The van der Waals surface area contributed by atoms with E-state index in [1.54, 1.807) is 25.1 Å². The molecule has 2 aromatic carbocycles. The van der Waals surface area contributed by atoms with Gasteiger partial charge >= 0.3 is 6.03 Å². The van der Waals surface area contributed by atoms with Crippen molar-refractivity contribution in [1.82, 2.24) is 14.5 Å². The molecule has 0 saturated carbocycles. The van der Waals surface area contributed by atoms with E-state index in [1.807, 2.05) is 36.4 Å². The van der Waals surface area contributed by atoms with Crippen LogP contribution >= 0.6 is 11.6 Å². The molecule has 9 heteroatoms. The minimum atomic E-state index is -3.33. The summed E-state index contributed by atoms with van der Waals surface area (Å²) in [5.74, 6) is -0.416. The molecule has 1 atom stereocenters. The highest BCUT2D eigenvalue weighted by Gasteiger charge is 2.45. The first kappa shape index (κ1) is 24.2. The molecule has 1 unspecified atom stereocenters. The summed E-state index contributed by atoms with van der Waals surface area (Å²) in [4.78, 5) is 16.4. The molecule has 32 heavy (non-hydrogen) atoms. The quantitative estimate of drug-likeness (QED) is 0.608. The zero-order chi connectivity index (χ0) is 23.5. The van der Waals surface area contributed by atoms with Crippen LogP contribution in [0.4, 0.5) is 9.18 Å². The SMILES string of the molecule is CN(C)C(=O)N1CC(c2cc(Cl)ccc2F)=CC1(CCCNS(C)(=O)=O)c1ccccc1. The van der Waals surface area contributed by atoms with Crippen molar-refractivity contribution < 1.29 is 17.6 Å². The second-order valence-electron chi connectivity index (χ2n) is 8.12. The Balaban J connectivity index is 2.10. The smallest absolute Gasteiger partial charge is 0.320 e. The summed E-state index contributed by atoms with van der Waals surface area (Å²) in [6.07, 6.45) is 3.95. The van der Waals surface area contributed by atoms with Crippen LogP contribution in [-0.4, -0.2) is 57.7 Å². The van der Waals surface area contributed by atoms with Gasteiger partial charge in [-0.1, -0.05) is 41.9 Å². The average Bonchev–Trinajstić information content (AvgIpc) is 3.13. The van der Waals surface area contributed by atoms with Crippen molar-refractivity contribution in [3.8, 4) is 0 Å². The van der Waals surface area contributed by atoms with E-state index in [9.17, 15) is 17.6 Å². The molecule has 2 amide bonds. The van der Waals surface area contributed by atoms with E-state index < -0.39 is 21.4 Å². The lowest BCUT2D eigenvalue weighted by atomic mass is 9.84. The van der Waals surface area contributed by atoms with Crippen LogP contribution in [0.3, 0.4) is 0 Å². The fourth-order valence-corrected chi connectivity index (χ4v) is 4.73. The molecule has 3 rings (SSSR count). The average molecular weight is 480 g/mol. The lowest BCUT2D eigenvalue weighted by molar-refractivity contribution is 0.130. The number of carbonyl (C=O) groups excluding carboxylic acids is 1. The van der Waals surface area contributed by atoms with Crippen LogP contribution in [0.1, 0.15) is 24.0 Å². The van der Waals surface area contributed by atoms with Crippen LogP contribution in [0.2, 0.25) is 5.02 Å². The van der Waals surface area contributed by atoms with Crippen molar-refractivity contribution in [3.05, 3.63) is 76.6 Å². The number of amides is 2. The number of nitrogens with zero attached hydrogens (tertiary/aromatic N) is 2. The third-order valence-corrected chi connectivity index (χ3v) is 6.45. The fraction of sp³-hybridized carbons (Fsp3) is 0.348. The molecule has 1 heterocycles. The van der Waals surface area contributed by atoms with Crippen molar-refractivity contribution in [2.45, 2.75) is 18.4 Å². The van der Waals surface area contributed by atoms with Crippen LogP contribution in [-0.2, 0) is 15.6 Å². The molecule has 0 saturated heterocycles. The van der Waals surface area contributed by atoms with E-state index in [-0.39, 0.29) is 19.1 Å². The minimum Gasteiger partial charge on any atom is -0.331 e. The number of hydrogen-bond donors (Lipinski definition) is 1. The third kappa shape index (κ3) is 5.31. The van der Waals surface area contributed by atoms with E-state index in [0.717, 1.165) is 11.8 Å². The molecule has 6 nitrogen and oxygen atoms in total. The van der Waals surface area contributed by atoms with Crippen LogP contribution < -0.4 is 4.72 Å². The van der Waals surface area contributed by atoms with Crippen molar-refractivity contribution >= 4 is 33.2 Å². The van der Waals surface area contributed by atoms with Gasteiger partial charge in [0.15, 0.2) is 0 Å². The van der Waals surface area contributed by atoms with Gasteiger partial charge in [0.2, 0.25) is 10.0 Å². The van der Waals surface area contributed by atoms with Crippen LogP contribution in [0.5, 0.6) is 0 Å². The Bertz CT molecular complexity index is 1120. The molecule has 0 spiro atoms. The van der Waals surface area contributed by atoms with Crippen molar-refractivity contribution in [1.29, 1.82) is 0 Å². The van der Waals surface area contributed by atoms with Gasteiger partial charge in [0.1, 0.15) is 5.82 Å². The maximum atomic E-state index is 14.7. The predicted molar refractivity (Wildman–Crippen MR) is 125 cm³/mol. The van der Waals surface area contributed by atoms with Crippen LogP contribution in [0.25, 0.3) is 5.57 Å². The van der Waals surface area contributed by atoms with Crippen molar-refractivity contribution in [2.75, 3.05) is 33.4 Å². The highest BCUT2D eigenvalue weighted by atomic mass is 35.5. The first-order valence-electron chi connectivity index (χ1n) is 10.2. The Labute approximate surface area is 193 Å². The second-order valence-corrected chi connectivity index (χ2v) is 10.4. The Kier molecular flexibility index (Phi) is 7.27. The normalized spacial score (nSPS) is 18.5. The van der Waals surface area contributed by atoms with E-state index in [1.165, 1.54) is 17.0 Å². The maximum Gasteiger partial charge on any atom is 0.320 e. The molecule has 1 aliphatic rings. The Morgan fingerprint density at radius 3 is 2.53 bits per heavy atom. The summed E-state index contributed by atoms with van der Waals surface area (Å²) in [6, 6.07) is 13.6. The monoisotopic (exact) mass is 479 g/mol. The molecular formula is C23H27ClFN3O3S. The van der Waals surface area contributed by atoms with Gasteiger partial charge in [-0.3, -0.25) is 0 Å². The van der Waals surface area contributed by atoms with Gasteiger partial charge in [-0.05, 0) is 48.3 Å². The standard InChI is InChI=1S/C23H27ClFN3O3S/c1-27(2)22(29)28-16-17(20-14-19(24)10-11-21(20)25)15-23(28,18-8-5-4-6-9-18)12-7-13-26-32(3,30)31/h4-6,8-11,14-15,26H,7,12-13,16H2,1-3H3. The summed E-state index contributed by atoms with van der Waals surface area (Å²) in [7, 11) is 0.00566. The highest BCUT2D eigenvalue weighted by molar-refractivity contribution is 7.88. The van der Waals surface area contributed by atoms with E-state index in [4.69, 9.17) is 11.6 Å². The molecule has 0 radical (unpaired) electrons. The summed E-state index contributed by atoms with van der Waals surface area (Å²) in [5, 5.41) is 0.405. The zero-order valence-corrected chi connectivity index (χ0v) is 19.9. The molecule has 1 N–H and O–H groups in total. The largest absolute Gasteiger partial charge is 0.331 e. The van der Waals surface area contributed by atoms with Crippen LogP contribution in [0.15, 0.2) is 54.6 Å². The van der Waals surface area contributed by atoms with Gasteiger partial charge < -0.3 is 9.80 Å². The molecule has 0 bridgehead atoms. The lowest BCUT2D eigenvalue weighted by Crippen LogP contribution is -2.49. The molecule has 172 valence electrons. The molecule has 0 fully saturated rings. The highest BCUT2D eigenvalue weighted by Crippen LogP contribution is 2.44. The lowest BCUT2D eigenvalue weighted by Gasteiger charge is -2.40. The molecule has 0 aromatic heterocycles. The summed E-state index contributed by atoms with van der Waals surface area (Å²) in [5.41, 5.74) is 1.000. The van der Waals surface area contributed by atoms with E-state index in [0.29, 0.717) is 29.0 Å². The first-order chi connectivity index (χ1) is 15.0. The molecule has 2 aromatic rings. The zero-order valence-electron chi connectivity index (χ0n) is 18.3. The number of carbonyl (C=O) groups is 1. The third-order valence-electron chi connectivity index (χ3n) is 5.48. The number of urea groups is 1. The Morgan fingerprint density at radius 2 is 1.91 bits per heavy atom. The summed E-state index contributed by atoms with van der Waals surface area (Å²) < 4.78 is 40.2. The number of nitrogens with one attached hydrogen (secondary N) is 1. The Morgan fingerprint density at radius 1 is 1.22 bits per heavy atom.